The van der Waals surface area contributed by atoms with E-state index < -0.39 is 6.10 Å². The van der Waals surface area contributed by atoms with E-state index in [1.165, 1.54) is 0 Å². The predicted molar refractivity (Wildman–Crippen MR) is 70.8 cm³/mol. The van der Waals surface area contributed by atoms with Gasteiger partial charge in [-0.05, 0) is 23.8 Å². The minimum atomic E-state index is -0.471. The molecule has 0 aliphatic heterocycles. The third kappa shape index (κ3) is 2.47. The molecule has 2 heteroatoms. The fourth-order valence-electron chi connectivity index (χ4n) is 2.26. The lowest BCUT2D eigenvalue weighted by molar-refractivity contribution is 0.109. The number of hydrogen-bond donors (Lipinski definition) is 1. The van der Waals surface area contributed by atoms with Crippen molar-refractivity contribution in [1.29, 1.82) is 0 Å². The molecule has 0 fully saturated rings. The van der Waals surface area contributed by atoms with Crippen molar-refractivity contribution >= 4 is 10.8 Å². The summed E-state index contributed by atoms with van der Waals surface area (Å²) in [7, 11) is 0. The number of benzene rings is 1. The van der Waals surface area contributed by atoms with E-state index in [-0.39, 0.29) is 5.92 Å². The van der Waals surface area contributed by atoms with Crippen LogP contribution in [0.2, 0.25) is 0 Å². The Morgan fingerprint density at radius 3 is 2.76 bits per heavy atom. The third-order valence-electron chi connectivity index (χ3n) is 3.27. The number of aliphatic hydroxyl groups excluding tert-OH is 1. The summed E-state index contributed by atoms with van der Waals surface area (Å²) < 4.78 is 0. The van der Waals surface area contributed by atoms with Crippen molar-refractivity contribution in [1.82, 2.24) is 4.98 Å². The van der Waals surface area contributed by atoms with Crippen molar-refractivity contribution in [2.75, 3.05) is 0 Å². The van der Waals surface area contributed by atoms with Crippen molar-refractivity contribution < 1.29 is 5.11 Å². The van der Waals surface area contributed by atoms with Gasteiger partial charge in [-0.1, -0.05) is 44.5 Å². The second kappa shape index (κ2) is 5.28. The maximum absolute atomic E-state index is 10.4. The first-order valence-electron chi connectivity index (χ1n) is 6.25. The zero-order valence-corrected chi connectivity index (χ0v) is 10.4. The first-order valence-corrected chi connectivity index (χ1v) is 6.25. The van der Waals surface area contributed by atoms with Crippen molar-refractivity contribution in [3.8, 4) is 0 Å². The number of pyridine rings is 1. The van der Waals surface area contributed by atoms with Gasteiger partial charge < -0.3 is 5.11 Å². The molecule has 2 aromatic rings. The topological polar surface area (TPSA) is 33.1 Å². The number of aliphatic hydroxyl groups is 1. The van der Waals surface area contributed by atoms with Gasteiger partial charge in [0.15, 0.2) is 0 Å². The molecule has 2 nitrogen and oxygen atoms in total. The van der Waals surface area contributed by atoms with Gasteiger partial charge >= 0.3 is 0 Å². The van der Waals surface area contributed by atoms with E-state index in [4.69, 9.17) is 0 Å². The van der Waals surface area contributed by atoms with E-state index in [0.29, 0.717) is 0 Å². The van der Waals surface area contributed by atoms with E-state index >= 15 is 0 Å². The zero-order chi connectivity index (χ0) is 12.3. The number of aromatic nitrogens is 1. The first kappa shape index (κ1) is 12.1. The van der Waals surface area contributed by atoms with Crippen LogP contribution in [0.4, 0.5) is 0 Å². The van der Waals surface area contributed by atoms with Gasteiger partial charge in [-0.2, -0.15) is 0 Å². The Morgan fingerprint density at radius 1 is 1.24 bits per heavy atom. The van der Waals surface area contributed by atoms with Gasteiger partial charge in [0, 0.05) is 11.6 Å². The van der Waals surface area contributed by atoms with Gasteiger partial charge in [0.1, 0.15) is 0 Å². The standard InChI is InChI=1S/C15H19NO/c1-3-6-11(2)15(17)14-13-8-5-4-7-12(13)9-10-16-14/h4-5,7-11,15,17H,3,6H2,1-2H3. The molecule has 0 saturated heterocycles. The summed E-state index contributed by atoms with van der Waals surface area (Å²) in [5, 5.41) is 12.6. The predicted octanol–water partition coefficient (Wildman–Crippen LogP) is 3.70. The van der Waals surface area contributed by atoms with Gasteiger partial charge in [-0.25, -0.2) is 0 Å². The highest BCUT2D eigenvalue weighted by Gasteiger charge is 2.18. The molecule has 1 heterocycles. The minimum Gasteiger partial charge on any atom is -0.387 e. The van der Waals surface area contributed by atoms with Crippen LogP contribution in [0.15, 0.2) is 36.5 Å². The molecule has 90 valence electrons. The van der Waals surface area contributed by atoms with Crippen molar-refractivity contribution in [2.45, 2.75) is 32.8 Å². The lowest BCUT2D eigenvalue weighted by Crippen LogP contribution is -2.11. The largest absolute Gasteiger partial charge is 0.387 e. The van der Waals surface area contributed by atoms with Crippen LogP contribution in [0.1, 0.15) is 38.5 Å². The van der Waals surface area contributed by atoms with Crippen LogP contribution in [0.3, 0.4) is 0 Å². The Hall–Kier alpha value is -1.41. The molecule has 2 unspecified atom stereocenters. The molecule has 2 atom stereocenters. The molecule has 0 aliphatic carbocycles. The molecule has 0 bridgehead atoms. The Bertz CT molecular complexity index is 490. The fraction of sp³-hybridized carbons (Fsp3) is 0.400. The zero-order valence-electron chi connectivity index (χ0n) is 10.4. The van der Waals surface area contributed by atoms with Gasteiger partial charge in [0.05, 0.1) is 11.8 Å². The highest BCUT2D eigenvalue weighted by atomic mass is 16.3. The monoisotopic (exact) mass is 229 g/mol. The lowest BCUT2D eigenvalue weighted by Gasteiger charge is -2.19. The maximum Gasteiger partial charge on any atom is 0.0991 e. The van der Waals surface area contributed by atoms with Crippen molar-refractivity contribution in [3.63, 3.8) is 0 Å². The average Bonchev–Trinajstić information content (AvgIpc) is 2.37. The molecule has 0 amide bonds. The van der Waals surface area contributed by atoms with Crippen LogP contribution in [-0.4, -0.2) is 10.1 Å². The molecule has 1 aromatic heterocycles. The van der Waals surface area contributed by atoms with E-state index in [1.807, 2.05) is 24.3 Å². The Kier molecular flexibility index (Phi) is 3.75. The van der Waals surface area contributed by atoms with Crippen LogP contribution in [0.25, 0.3) is 10.8 Å². The molecule has 1 aromatic carbocycles. The highest BCUT2D eigenvalue weighted by Crippen LogP contribution is 2.29. The molecule has 0 aliphatic rings. The van der Waals surface area contributed by atoms with Gasteiger partial charge in [0.2, 0.25) is 0 Å². The smallest absolute Gasteiger partial charge is 0.0991 e. The number of hydrogen-bond acceptors (Lipinski definition) is 2. The maximum atomic E-state index is 10.4. The Morgan fingerprint density at radius 2 is 2.00 bits per heavy atom. The molecule has 0 spiro atoms. The van der Waals surface area contributed by atoms with E-state index in [2.05, 4.69) is 24.9 Å². The van der Waals surface area contributed by atoms with E-state index in [0.717, 1.165) is 29.3 Å². The van der Waals surface area contributed by atoms with Crippen LogP contribution < -0.4 is 0 Å². The minimum absolute atomic E-state index is 0.248. The second-order valence-corrected chi connectivity index (χ2v) is 4.63. The number of fused-ring (bicyclic) bond motifs is 1. The molecule has 0 radical (unpaired) electrons. The summed E-state index contributed by atoms with van der Waals surface area (Å²) in [6, 6.07) is 10.1. The molecule has 17 heavy (non-hydrogen) atoms. The quantitative estimate of drug-likeness (QED) is 0.867. The van der Waals surface area contributed by atoms with Gasteiger partial charge in [-0.15, -0.1) is 0 Å². The summed E-state index contributed by atoms with van der Waals surface area (Å²) in [5.74, 6) is 0.248. The number of nitrogens with zero attached hydrogens (tertiary/aromatic N) is 1. The SMILES string of the molecule is CCCC(C)C(O)c1nccc2ccccc12. The van der Waals surface area contributed by atoms with Gasteiger partial charge in [-0.3, -0.25) is 4.98 Å². The van der Waals surface area contributed by atoms with Crippen molar-refractivity contribution in [2.24, 2.45) is 5.92 Å². The second-order valence-electron chi connectivity index (χ2n) is 4.63. The van der Waals surface area contributed by atoms with Crippen molar-refractivity contribution in [3.05, 3.63) is 42.2 Å². The van der Waals surface area contributed by atoms with E-state index in [9.17, 15) is 5.11 Å². The normalized spacial score (nSPS) is 14.8. The summed E-state index contributed by atoms with van der Waals surface area (Å²) in [4.78, 5) is 4.36. The molecule has 1 N–H and O–H groups in total. The fourth-order valence-corrected chi connectivity index (χ4v) is 2.26. The molecule has 0 saturated carbocycles. The summed E-state index contributed by atoms with van der Waals surface area (Å²) in [6.07, 6.45) is 3.41. The van der Waals surface area contributed by atoms with Crippen LogP contribution in [-0.2, 0) is 0 Å². The summed E-state index contributed by atoms with van der Waals surface area (Å²) in [6.45, 7) is 4.22. The van der Waals surface area contributed by atoms with Crippen LogP contribution in [0.5, 0.6) is 0 Å². The average molecular weight is 229 g/mol. The molecular weight excluding hydrogens is 210 g/mol. The van der Waals surface area contributed by atoms with Crippen LogP contribution >= 0.6 is 0 Å². The lowest BCUT2D eigenvalue weighted by atomic mass is 9.94. The number of rotatable bonds is 4. The van der Waals surface area contributed by atoms with E-state index in [1.54, 1.807) is 6.20 Å². The summed E-state index contributed by atoms with van der Waals surface area (Å²) >= 11 is 0. The molecular formula is C15H19NO. The highest BCUT2D eigenvalue weighted by molar-refractivity contribution is 5.84. The third-order valence-corrected chi connectivity index (χ3v) is 3.27. The first-order chi connectivity index (χ1) is 8.24. The molecule has 2 rings (SSSR count). The Labute approximate surface area is 102 Å². The van der Waals surface area contributed by atoms with Gasteiger partial charge in [0.25, 0.3) is 0 Å². The Balaban J connectivity index is 2.41. The van der Waals surface area contributed by atoms with Crippen LogP contribution in [0, 0.1) is 5.92 Å². The summed E-state index contributed by atoms with van der Waals surface area (Å²) in [5.41, 5.74) is 0.809.